The molecule has 1 unspecified atom stereocenters. The summed E-state index contributed by atoms with van der Waals surface area (Å²) in [6, 6.07) is 6.44. The Morgan fingerprint density at radius 3 is 2.87 bits per heavy atom. The number of allylic oxidation sites excluding steroid dienone is 1. The Labute approximate surface area is 135 Å². The summed E-state index contributed by atoms with van der Waals surface area (Å²) in [7, 11) is 0. The molecule has 1 aromatic carbocycles. The van der Waals surface area contributed by atoms with Gasteiger partial charge in [-0.15, -0.1) is 0 Å². The largest absolute Gasteiger partial charge is 0.396 e. The molecule has 4 heteroatoms. The van der Waals surface area contributed by atoms with Crippen molar-refractivity contribution in [3.8, 4) is 5.69 Å². The quantitative estimate of drug-likeness (QED) is 0.917. The molecule has 120 valence electrons. The van der Waals surface area contributed by atoms with Crippen LogP contribution in [0.1, 0.15) is 37.4 Å². The van der Waals surface area contributed by atoms with Gasteiger partial charge in [-0.1, -0.05) is 12.5 Å². The standard InChI is InChI=1S/C19H21FN2O/c1-19-10-13-11-21-22(17-7-5-16(20)6-8-17)18(13)9-14(19)3-2-4-15(19)12-23/h5-9,11,15,23H,2-4,10,12H2,1H3/t15?,19-/m0/s1. The van der Waals surface area contributed by atoms with Crippen LogP contribution in [0.2, 0.25) is 0 Å². The van der Waals surface area contributed by atoms with E-state index in [-0.39, 0.29) is 17.8 Å². The molecule has 3 nitrogen and oxygen atoms in total. The molecule has 0 radical (unpaired) electrons. The minimum absolute atomic E-state index is 0.0384. The highest BCUT2D eigenvalue weighted by Gasteiger charge is 2.42. The first-order valence-electron chi connectivity index (χ1n) is 8.26. The normalized spacial score (nSPS) is 26.4. The average molecular weight is 312 g/mol. The van der Waals surface area contributed by atoms with Gasteiger partial charge in [0.2, 0.25) is 0 Å². The lowest BCUT2D eigenvalue weighted by molar-refractivity contribution is 0.100. The fraction of sp³-hybridized carbons (Fsp3) is 0.421. The van der Waals surface area contributed by atoms with Gasteiger partial charge in [0.1, 0.15) is 5.82 Å². The molecule has 1 N–H and O–H groups in total. The molecular formula is C19H21FN2O. The van der Waals surface area contributed by atoms with Crippen LogP contribution in [0.3, 0.4) is 0 Å². The van der Waals surface area contributed by atoms with Crippen molar-refractivity contribution >= 4 is 6.08 Å². The second-order valence-corrected chi connectivity index (χ2v) is 6.98. The highest BCUT2D eigenvalue weighted by Crippen LogP contribution is 2.50. The predicted molar refractivity (Wildman–Crippen MR) is 87.7 cm³/mol. The van der Waals surface area contributed by atoms with E-state index >= 15 is 0 Å². The molecule has 1 saturated carbocycles. The second kappa shape index (κ2) is 5.31. The van der Waals surface area contributed by atoms with Crippen LogP contribution in [-0.4, -0.2) is 21.5 Å². The molecular weight excluding hydrogens is 291 g/mol. The van der Waals surface area contributed by atoms with Crippen LogP contribution < -0.4 is 0 Å². The van der Waals surface area contributed by atoms with Gasteiger partial charge in [-0.05, 0) is 72.9 Å². The lowest BCUT2D eigenvalue weighted by Gasteiger charge is -2.45. The Bertz CT molecular complexity index is 762. The summed E-state index contributed by atoms with van der Waals surface area (Å²) in [6.45, 7) is 2.52. The minimum atomic E-state index is -0.237. The number of aromatic nitrogens is 2. The van der Waals surface area contributed by atoms with Crippen LogP contribution >= 0.6 is 0 Å². The van der Waals surface area contributed by atoms with Crippen molar-refractivity contribution in [1.82, 2.24) is 9.78 Å². The van der Waals surface area contributed by atoms with Crippen LogP contribution in [0.5, 0.6) is 0 Å². The van der Waals surface area contributed by atoms with Crippen molar-refractivity contribution in [3.05, 3.63) is 53.1 Å². The molecule has 0 aliphatic heterocycles. The van der Waals surface area contributed by atoms with Crippen molar-refractivity contribution in [3.63, 3.8) is 0 Å². The van der Waals surface area contributed by atoms with Gasteiger partial charge in [-0.25, -0.2) is 9.07 Å². The highest BCUT2D eigenvalue weighted by atomic mass is 19.1. The monoisotopic (exact) mass is 312 g/mol. The maximum atomic E-state index is 13.2. The number of hydrogen-bond donors (Lipinski definition) is 1. The van der Waals surface area contributed by atoms with Gasteiger partial charge in [0.25, 0.3) is 0 Å². The van der Waals surface area contributed by atoms with Gasteiger partial charge < -0.3 is 5.11 Å². The summed E-state index contributed by atoms with van der Waals surface area (Å²) >= 11 is 0. The lowest BCUT2D eigenvalue weighted by Crippen LogP contribution is -2.38. The molecule has 2 aromatic rings. The Balaban J connectivity index is 1.79. The van der Waals surface area contributed by atoms with Gasteiger partial charge in [0.15, 0.2) is 0 Å². The zero-order chi connectivity index (χ0) is 16.0. The molecule has 0 bridgehead atoms. The smallest absolute Gasteiger partial charge is 0.123 e. The van der Waals surface area contributed by atoms with E-state index in [1.807, 2.05) is 10.9 Å². The summed E-state index contributed by atoms with van der Waals surface area (Å²) in [5.74, 6) is 0.0867. The maximum absolute atomic E-state index is 13.2. The van der Waals surface area contributed by atoms with Gasteiger partial charge in [0, 0.05) is 6.61 Å². The first-order valence-corrected chi connectivity index (χ1v) is 8.26. The van der Waals surface area contributed by atoms with E-state index in [0.29, 0.717) is 5.92 Å². The van der Waals surface area contributed by atoms with E-state index in [4.69, 9.17) is 0 Å². The molecule has 0 amide bonds. The number of aliphatic hydroxyl groups is 1. The van der Waals surface area contributed by atoms with Crippen LogP contribution in [-0.2, 0) is 6.42 Å². The molecule has 1 aromatic heterocycles. The van der Waals surface area contributed by atoms with E-state index in [9.17, 15) is 9.50 Å². The van der Waals surface area contributed by atoms with E-state index < -0.39 is 0 Å². The third-order valence-corrected chi connectivity index (χ3v) is 5.68. The highest BCUT2D eigenvalue weighted by molar-refractivity contribution is 5.61. The van der Waals surface area contributed by atoms with Crippen molar-refractivity contribution in [2.75, 3.05) is 6.61 Å². The summed E-state index contributed by atoms with van der Waals surface area (Å²) in [5.41, 5.74) is 4.64. The molecule has 23 heavy (non-hydrogen) atoms. The topological polar surface area (TPSA) is 38.0 Å². The lowest BCUT2D eigenvalue weighted by atomic mass is 9.60. The Morgan fingerprint density at radius 2 is 2.13 bits per heavy atom. The van der Waals surface area contributed by atoms with Crippen LogP contribution in [0.25, 0.3) is 11.8 Å². The number of nitrogens with zero attached hydrogens (tertiary/aromatic N) is 2. The van der Waals surface area contributed by atoms with Crippen molar-refractivity contribution in [2.45, 2.75) is 32.6 Å². The fourth-order valence-electron chi connectivity index (χ4n) is 4.22. The first-order chi connectivity index (χ1) is 11.1. The molecule has 2 aliphatic carbocycles. The van der Waals surface area contributed by atoms with Gasteiger partial charge in [-0.2, -0.15) is 5.10 Å². The fourth-order valence-corrected chi connectivity index (χ4v) is 4.22. The molecule has 0 saturated heterocycles. The SMILES string of the molecule is C[C@]12Cc3cnn(-c4ccc(F)cc4)c3C=C1CCCC2CO. The number of rotatable bonds is 2. The average Bonchev–Trinajstić information content (AvgIpc) is 2.94. The Morgan fingerprint density at radius 1 is 1.35 bits per heavy atom. The molecule has 2 aliphatic rings. The molecule has 0 spiro atoms. The summed E-state index contributed by atoms with van der Waals surface area (Å²) in [5, 5.41) is 14.3. The zero-order valence-corrected chi connectivity index (χ0v) is 13.3. The third kappa shape index (κ3) is 2.24. The minimum Gasteiger partial charge on any atom is -0.396 e. The first kappa shape index (κ1) is 14.6. The zero-order valence-electron chi connectivity index (χ0n) is 13.3. The van der Waals surface area contributed by atoms with Crippen molar-refractivity contribution in [1.29, 1.82) is 0 Å². The van der Waals surface area contributed by atoms with E-state index in [1.54, 1.807) is 12.1 Å². The molecule has 4 rings (SSSR count). The summed E-state index contributed by atoms with van der Waals surface area (Å²) in [4.78, 5) is 0. The molecule has 1 fully saturated rings. The third-order valence-electron chi connectivity index (χ3n) is 5.68. The number of aliphatic hydroxyl groups excluding tert-OH is 1. The summed E-state index contributed by atoms with van der Waals surface area (Å²) < 4.78 is 15.0. The Hall–Kier alpha value is -1.94. The van der Waals surface area contributed by atoms with Crippen LogP contribution in [0.4, 0.5) is 4.39 Å². The predicted octanol–water partition coefficient (Wildman–Crippen LogP) is 3.75. The van der Waals surface area contributed by atoms with E-state index in [2.05, 4.69) is 18.1 Å². The number of fused-ring (bicyclic) bond motifs is 2. The summed E-state index contributed by atoms with van der Waals surface area (Å²) in [6.07, 6.45) is 8.39. The van der Waals surface area contributed by atoms with E-state index in [0.717, 1.165) is 37.1 Å². The number of hydrogen-bond acceptors (Lipinski definition) is 2. The number of halogens is 1. The van der Waals surface area contributed by atoms with Crippen molar-refractivity contribution < 1.29 is 9.50 Å². The second-order valence-electron chi connectivity index (χ2n) is 6.98. The Kier molecular flexibility index (Phi) is 3.38. The van der Waals surface area contributed by atoms with Crippen LogP contribution in [0, 0.1) is 17.2 Å². The van der Waals surface area contributed by atoms with Crippen LogP contribution in [0.15, 0.2) is 36.0 Å². The molecule has 1 heterocycles. The van der Waals surface area contributed by atoms with Gasteiger partial charge >= 0.3 is 0 Å². The molecule has 2 atom stereocenters. The van der Waals surface area contributed by atoms with Gasteiger partial charge in [-0.3, -0.25) is 0 Å². The number of benzene rings is 1. The van der Waals surface area contributed by atoms with E-state index in [1.165, 1.54) is 23.3 Å². The van der Waals surface area contributed by atoms with Gasteiger partial charge in [0.05, 0.1) is 17.6 Å². The maximum Gasteiger partial charge on any atom is 0.123 e. The van der Waals surface area contributed by atoms with Crippen molar-refractivity contribution in [2.24, 2.45) is 11.3 Å².